The first kappa shape index (κ1) is 15.3. The van der Waals surface area contributed by atoms with Crippen LogP contribution in [0.2, 0.25) is 0 Å². The van der Waals surface area contributed by atoms with Gasteiger partial charge in [0.05, 0.1) is 0 Å². The summed E-state index contributed by atoms with van der Waals surface area (Å²) in [7, 11) is 1.87. The van der Waals surface area contributed by atoms with Gasteiger partial charge >= 0.3 is 0 Å². The topological polar surface area (TPSA) is 61.4 Å². The van der Waals surface area contributed by atoms with Crippen LogP contribution in [0.3, 0.4) is 0 Å². The van der Waals surface area contributed by atoms with Crippen LogP contribution < -0.4 is 10.6 Å². The van der Waals surface area contributed by atoms with Gasteiger partial charge in [0, 0.05) is 38.0 Å². The van der Waals surface area contributed by atoms with Gasteiger partial charge in [-0.25, -0.2) is 0 Å². The molecule has 0 radical (unpaired) electrons. The molecule has 2 unspecified atom stereocenters. The van der Waals surface area contributed by atoms with Gasteiger partial charge in [-0.3, -0.25) is 9.59 Å². The van der Waals surface area contributed by atoms with Gasteiger partial charge in [0.15, 0.2) is 0 Å². The van der Waals surface area contributed by atoms with Crippen molar-refractivity contribution in [2.45, 2.75) is 38.5 Å². The van der Waals surface area contributed by atoms with Gasteiger partial charge < -0.3 is 15.5 Å². The molecule has 2 aliphatic rings. The first-order valence-electron chi connectivity index (χ1n) is 7.95. The number of rotatable bonds is 5. The molecule has 0 bridgehead atoms. The molecule has 2 fully saturated rings. The van der Waals surface area contributed by atoms with Crippen LogP contribution in [0.1, 0.15) is 38.5 Å². The van der Waals surface area contributed by atoms with Gasteiger partial charge in [-0.1, -0.05) is 12.8 Å². The lowest BCUT2D eigenvalue weighted by Gasteiger charge is -2.32. The first-order valence-corrected chi connectivity index (χ1v) is 7.95. The Morgan fingerprint density at radius 1 is 1.00 bits per heavy atom. The predicted molar refractivity (Wildman–Crippen MR) is 78.2 cm³/mol. The van der Waals surface area contributed by atoms with Crippen LogP contribution in [0.4, 0.5) is 0 Å². The molecule has 0 aromatic carbocycles. The summed E-state index contributed by atoms with van der Waals surface area (Å²) in [4.78, 5) is 26.8. The van der Waals surface area contributed by atoms with E-state index in [1.54, 1.807) is 0 Å². The highest BCUT2D eigenvalue weighted by molar-refractivity contribution is 5.88. The van der Waals surface area contributed by atoms with Crippen LogP contribution >= 0.6 is 0 Å². The van der Waals surface area contributed by atoms with E-state index in [4.69, 9.17) is 0 Å². The summed E-state index contributed by atoms with van der Waals surface area (Å²) in [6, 6.07) is 0. The molecular formula is C15H27N3O2. The fourth-order valence-electron chi connectivity index (χ4n) is 3.35. The quantitative estimate of drug-likeness (QED) is 0.731. The zero-order chi connectivity index (χ0) is 14.4. The Morgan fingerprint density at radius 3 is 2.30 bits per heavy atom. The van der Waals surface area contributed by atoms with Gasteiger partial charge in [0.25, 0.3) is 0 Å². The van der Waals surface area contributed by atoms with Gasteiger partial charge in [-0.2, -0.15) is 0 Å². The Balaban J connectivity index is 1.93. The Labute approximate surface area is 121 Å². The second-order valence-corrected chi connectivity index (χ2v) is 5.92. The number of likely N-dealkylation sites (N-methyl/N-ethyl adjacent to an activating group) is 1. The number of nitrogens with one attached hydrogen (secondary N) is 2. The number of hydrogen-bond donors (Lipinski definition) is 2. The van der Waals surface area contributed by atoms with Gasteiger partial charge in [-0.15, -0.1) is 0 Å². The van der Waals surface area contributed by atoms with Crippen LogP contribution in [0.5, 0.6) is 0 Å². The smallest absolute Gasteiger partial charge is 0.226 e. The van der Waals surface area contributed by atoms with Crippen LogP contribution in [0.15, 0.2) is 0 Å². The van der Waals surface area contributed by atoms with Gasteiger partial charge in [0.1, 0.15) is 0 Å². The lowest BCUT2D eigenvalue weighted by atomic mass is 9.78. The fraction of sp³-hybridized carbons (Fsp3) is 0.867. The van der Waals surface area contributed by atoms with E-state index >= 15 is 0 Å². The minimum Gasteiger partial charge on any atom is -0.355 e. The molecule has 2 amide bonds. The summed E-state index contributed by atoms with van der Waals surface area (Å²) in [6.07, 6.45) is 6.09. The van der Waals surface area contributed by atoms with E-state index in [2.05, 4.69) is 10.6 Å². The third-order valence-corrected chi connectivity index (χ3v) is 4.51. The van der Waals surface area contributed by atoms with Gasteiger partial charge in [0.2, 0.25) is 11.8 Å². The van der Waals surface area contributed by atoms with Crippen molar-refractivity contribution in [3.8, 4) is 0 Å². The molecule has 20 heavy (non-hydrogen) atoms. The Morgan fingerprint density at radius 2 is 1.65 bits per heavy atom. The fourth-order valence-corrected chi connectivity index (χ4v) is 3.35. The molecular weight excluding hydrogens is 254 g/mol. The van der Waals surface area contributed by atoms with Crippen LogP contribution in [-0.4, -0.2) is 49.9 Å². The average molecular weight is 281 g/mol. The molecule has 2 atom stereocenters. The second-order valence-electron chi connectivity index (χ2n) is 5.92. The van der Waals surface area contributed by atoms with E-state index in [9.17, 15) is 9.59 Å². The van der Waals surface area contributed by atoms with Crippen molar-refractivity contribution in [3.63, 3.8) is 0 Å². The molecule has 1 saturated heterocycles. The summed E-state index contributed by atoms with van der Waals surface area (Å²) in [5.74, 6) is 0.0820. The summed E-state index contributed by atoms with van der Waals surface area (Å²) in [6.45, 7) is 3.16. The molecule has 2 N–H and O–H groups in total. The third-order valence-electron chi connectivity index (χ3n) is 4.51. The number of amides is 2. The van der Waals surface area contributed by atoms with Crippen LogP contribution in [-0.2, 0) is 9.59 Å². The monoisotopic (exact) mass is 281 g/mol. The van der Waals surface area contributed by atoms with E-state index in [1.807, 2.05) is 11.9 Å². The minimum absolute atomic E-state index is 0.0671. The zero-order valence-electron chi connectivity index (χ0n) is 12.5. The van der Waals surface area contributed by atoms with Crippen molar-refractivity contribution in [1.82, 2.24) is 15.5 Å². The van der Waals surface area contributed by atoms with Crippen LogP contribution in [0.25, 0.3) is 0 Å². The SMILES string of the molecule is CNCCNC(=O)C1CCCCC1C(=O)N1CCCC1. The lowest BCUT2D eigenvalue weighted by Crippen LogP contribution is -2.45. The molecule has 1 aliphatic carbocycles. The van der Waals surface area contributed by atoms with E-state index in [-0.39, 0.29) is 23.7 Å². The number of nitrogens with zero attached hydrogens (tertiary/aromatic N) is 1. The molecule has 1 heterocycles. The molecule has 1 aliphatic heterocycles. The highest BCUT2D eigenvalue weighted by Gasteiger charge is 2.38. The Hall–Kier alpha value is -1.10. The third kappa shape index (κ3) is 3.72. The first-order chi connectivity index (χ1) is 9.74. The summed E-state index contributed by atoms with van der Waals surface area (Å²) in [5, 5.41) is 5.97. The average Bonchev–Trinajstić information content (AvgIpc) is 3.01. The zero-order valence-corrected chi connectivity index (χ0v) is 12.5. The van der Waals surface area contributed by atoms with Crippen LogP contribution in [0, 0.1) is 11.8 Å². The van der Waals surface area contributed by atoms with E-state index in [0.29, 0.717) is 6.54 Å². The molecule has 5 heteroatoms. The maximum absolute atomic E-state index is 12.6. The molecule has 5 nitrogen and oxygen atoms in total. The van der Waals surface area contributed by atoms with Crippen molar-refractivity contribution in [1.29, 1.82) is 0 Å². The molecule has 0 aromatic rings. The number of hydrogen-bond acceptors (Lipinski definition) is 3. The standard InChI is InChI=1S/C15H27N3O2/c1-16-8-9-17-14(19)12-6-2-3-7-13(12)15(20)18-10-4-5-11-18/h12-13,16H,2-11H2,1H3,(H,17,19). The van der Waals surface area contributed by atoms with Crippen molar-refractivity contribution >= 4 is 11.8 Å². The molecule has 0 aromatic heterocycles. The summed E-state index contributed by atoms with van der Waals surface area (Å²) in [5.41, 5.74) is 0. The summed E-state index contributed by atoms with van der Waals surface area (Å²) >= 11 is 0. The maximum Gasteiger partial charge on any atom is 0.226 e. The molecule has 0 spiro atoms. The van der Waals surface area contributed by atoms with Gasteiger partial charge in [-0.05, 0) is 32.7 Å². The lowest BCUT2D eigenvalue weighted by molar-refractivity contribution is -0.142. The van der Waals surface area contributed by atoms with Crippen molar-refractivity contribution in [3.05, 3.63) is 0 Å². The molecule has 2 rings (SSSR count). The second kappa shape index (κ2) is 7.62. The minimum atomic E-state index is -0.117. The van der Waals surface area contributed by atoms with E-state index in [1.165, 1.54) is 0 Å². The molecule has 114 valence electrons. The predicted octanol–water partition coefficient (Wildman–Crippen LogP) is 0.751. The Kier molecular flexibility index (Phi) is 5.83. The van der Waals surface area contributed by atoms with E-state index in [0.717, 1.165) is 58.2 Å². The number of carbonyl (C=O) groups excluding carboxylic acids is 2. The van der Waals surface area contributed by atoms with Crippen molar-refractivity contribution in [2.24, 2.45) is 11.8 Å². The largest absolute Gasteiger partial charge is 0.355 e. The normalized spacial score (nSPS) is 26.6. The number of likely N-dealkylation sites (tertiary alicyclic amines) is 1. The number of carbonyl (C=O) groups is 2. The van der Waals surface area contributed by atoms with Crippen molar-refractivity contribution in [2.75, 3.05) is 33.2 Å². The molecule has 1 saturated carbocycles. The summed E-state index contributed by atoms with van der Waals surface area (Å²) < 4.78 is 0. The highest BCUT2D eigenvalue weighted by Crippen LogP contribution is 2.32. The van der Waals surface area contributed by atoms with E-state index < -0.39 is 0 Å². The van der Waals surface area contributed by atoms with Crippen molar-refractivity contribution < 1.29 is 9.59 Å². The Bertz CT molecular complexity index is 340. The maximum atomic E-state index is 12.6. The highest BCUT2D eigenvalue weighted by atomic mass is 16.2.